The van der Waals surface area contributed by atoms with Gasteiger partial charge >= 0.3 is 0 Å². The van der Waals surface area contributed by atoms with E-state index in [1.165, 1.54) is 23.8 Å². The molecule has 1 aliphatic heterocycles. The molecule has 1 aromatic heterocycles. The Kier molecular flexibility index (Phi) is 6.76. The summed E-state index contributed by atoms with van der Waals surface area (Å²) in [6, 6.07) is 0. The lowest BCUT2D eigenvalue weighted by molar-refractivity contribution is -0.138. The van der Waals surface area contributed by atoms with E-state index in [0.717, 1.165) is 31.3 Å². The zero-order valence-corrected chi connectivity index (χ0v) is 15.0. The molecule has 0 spiro atoms. The first-order chi connectivity index (χ1) is 10.1. The van der Waals surface area contributed by atoms with Crippen molar-refractivity contribution in [3.05, 3.63) is 6.20 Å². The predicted octanol–water partition coefficient (Wildman–Crippen LogP) is 0.914. The summed E-state index contributed by atoms with van der Waals surface area (Å²) in [7, 11) is -3.11. The van der Waals surface area contributed by atoms with Gasteiger partial charge in [-0.1, -0.05) is 11.3 Å². The van der Waals surface area contributed by atoms with Gasteiger partial charge in [-0.25, -0.2) is 13.4 Å². The van der Waals surface area contributed by atoms with Gasteiger partial charge in [0.1, 0.15) is 9.81 Å². The Morgan fingerprint density at radius 2 is 1.95 bits per heavy atom. The van der Waals surface area contributed by atoms with Gasteiger partial charge in [-0.3, -0.25) is 4.79 Å². The molecule has 1 saturated heterocycles. The largest absolute Gasteiger partial charge is 0.462 e. The average Bonchev–Trinajstić information content (AvgIpc) is 2.88. The monoisotopic (exact) mass is 349 g/mol. The van der Waals surface area contributed by atoms with E-state index in [1.807, 2.05) is 20.8 Å². The summed E-state index contributed by atoms with van der Waals surface area (Å²) in [4.78, 5) is 15.8. The van der Waals surface area contributed by atoms with Crippen LogP contribution >= 0.6 is 11.3 Å². The third-order valence-corrected chi connectivity index (χ3v) is 5.47. The highest BCUT2D eigenvalue weighted by Crippen LogP contribution is 2.25. The van der Waals surface area contributed by atoms with Crippen molar-refractivity contribution in [1.82, 2.24) is 10.3 Å². The summed E-state index contributed by atoms with van der Waals surface area (Å²) >= 11 is 1.25. The lowest BCUT2D eigenvalue weighted by Crippen LogP contribution is -2.43. The van der Waals surface area contributed by atoms with Crippen molar-refractivity contribution in [3.8, 4) is 0 Å². The standard InChI is InChI=1S/C8H13N3O2S2.C5H10O2/c1-15(12,13)7-6-10-8(14-7)11-4-2-9-3-5-11;1-5(2,3)7-4-6/h6,9H,2-5H2,1H3;4H,1-3H3. The highest BCUT2D eigenvalue weighted by molar-refractivity contribution is 7.92. The van der Waals surface area contributed by atoms with Crippen LogP contribution in [0.3, 0.4) is 0 Å². The SMILES string of the molecule is CC(C)(C)OC=O.CS(=O)(=O)c1cnc(N2CCNCC2)s1. The minimum atomic E-state index is -3.11. The van der Waals surface area contributed by atoms with E-state index in [4.69, 9.17) is 0 Å². The molecule has 2 rings (SSSR count). The van der Waals surface area contributed by atoms with Crippen LogP contribution < -0.4 is 10.2 Å². The van der Waals surface area contributed by atoms with Crippen LogP contribution in [-0.4, -0.2) is 57.9 Å². The second-order valence-corrected chi connectivity index (χ2v) is 9.05. The van der Waals surface area contributed by atoms with Gasteiger partial charge in [-0.2, -0.15) is 0 Å². The van der Waals surface area contributed by atoms with Crippen molar-refractivity contribution < 1.29 is 17.9 Å². The van der Waals surface area contributed by atoms with Crippen LogP contribution in [0.25, 0.3) is 0 Å². The van der Waals surface area contributed by atoms with E-state index >= 15 is 0 Å². The Morgan fingerprint density at radius 3 is 2.32 bits per heavy atom. The van der Waals surface area contributed by atoms with Crippen molar-refractivity contribution in [2.24, 2.45) is 0 Å². The summed E-state index contributed by atoms with van der Waals surface area (Å²) in [5.74, 6) is 0. The molecule has 0 saturated carbocycles. The molecular weight excluding hydrogens is 326 g/mol. The highest BCUT2D eigenvalue weighted by Gasteiger charge is 2.17. The molecule has 9 heteroatoms. The topological polar surface area (TPSA) is 88.6 Å². The van der Waals surface area contributed by atoms with Crippen LogP contribution in [0.1, 0.15) is 20.8 Å². The number of nitrogens with zero attached hydrogens (tertiary/aromatic N) is 2. The molecule has 0 radical (unpaired) electrons. The molecule has 1 N–H and O–H groups in total. The number of carbonyl (C=O) groups excluding carboxylic acids is 1. The van der Waals surface area contributed by atoms with Crippen LogP contribution in [0, 0.1) is 0 Å². The zero-order valence-electron chi connectivity index (χ0n) is 13.3. The van der Waals surface area contributed by atoms with Crippen molar-refractivity contribution in [1.29, 1.82) is 0 Å². The van der Waals surface area contributed by atoms with Gasteiger partial charge < -0.3 is 15.0 Å². The Labute approximate surface area is 135 Å². The number of aromatic nitrogens is 1. The molecule has 0 atom stereocenters. The van der Waals surface area contributed by atoms with Crippen molar-refractivity contribution in [2.45, 2.75) is 30.6 Å². The Hall–Kier alpha value is -1.19. The van der Waals surface area contributed by atoms with E-state index < -0.39 is 9.84 Å². The number of hydrogen-bond donors (Lipinski definition) is 1. The maximum absolute atomic E-state index is 11.3. The lowest BCUT2D eigenvalue weighted by atomic mass is 10.2. The number of ether oxygens (including phenoxy) is 1. The minimum Gasteiger partial charge on any atom is -0.462 e. The van der Waals surface area contributed by atoms with Crippen LogP contribution in [0.4, 0.5) is 5.13 Å². The van der Waals surface area contributed by atoms with Crippen molar-refractivity contribution in [2.75, 3.05) is 37.3 Å². The summed E-state index contributed by atoms with van der Waals surface area (Å²) in [5.41, 5.74) is -0.318. The third kappa shape index (κ3) is 6.71. The maximum atomic E-state index is 11.3. The number of anilines is 1. The van der Waals surface area contributed by atoms with Crippen molar-refractivity contribution >= 4 is 32.8 Å². The summed E-state index contributed by atoms with van der Waals surface area (Å²) in [6.45, 7) is 9.54. The second-order valence-electron chi connectivity index (χ2n) is 5.80. The molecule has 7 nitrogen and oxygen atoms in total. The number of nitrogens with one attached hydrogen (secondary N) is 1. The first-order valence-corrected chi connectivity index (χ1v) is 9.57. The average molecular weight is 349 g/mol. The van der Waals surface area contributed by atoms with Gasteiger partial charge in [-0.05, 0) is 20.8 Å². The second kappa shape index (κ2) is 7.89. The van der Waals surface area contributed by atoms with E-state index in [9.17, 15) is 13.2 Å². The van der Waals surface area contributed by atoms with Crippen molar-refractivity contribution in [3.63, 3.8) is 0 Å². The van der Waals surface area contributed by atoms with Gasteiger partial charge in [0.2, 0.25) is 0 Å². The quantitative estimate of drug-likeness (QED) is 0.812. The summed E-state index contributed by atoms with van der Waals surface area (Å²) in [5, 5.41) is 4.04. The number of sulfone groups is 1. The molecule has 126 valence electrons. The number of rotatable bonds is 3. The van der Waals surface area contributed by atoms with E-state index in [-0.39, 0.29) is 5.60 Å². The molecule has 22 heavy (non-hydrogen) atoms. The highest BCUT2D eigenvalue weighted by atomic mass is 32.2. The number of thiazole rings is 1. The van der Waals surface area contributed by atoms with Gasteiger partial charge in [0.15, 0.2) is 15.0 Å². The van der Waals surface area contributed by atoms with E-state index in [0.29, 0.717) is 10.7 Å². The molecular formula is C13H23N3O4S2. The fourth-order valence-corrected chi connectivity index (χ4v) is 3.34. The van der Waals surface area contributed by atoms with E-state index in [2.05, 4.69) is 19.9 Å². The molecule has 0 aromatic carbocycles. The predicted molar refractivity (Wildman–Crippen MR) is 87.2 cm³/mol. The van der Waals surface area contributed by atoms with Gasteiger partial charge in [0, 0.05) is 32.4 Å². The Morgan fingerprint density at radius 1 is 1.36 bits per heavy atom. The number of piperazine rings is 1. The van der Waals surface area contributed by atoms with Gasteiger partial charge in [0.05, 0.1) is 6.20 Å². The molecule has 2 heterocycles. The molecule has 0 aliphatic carbocycles. The number of hydrogen-bond acceptors (Lipinski definition) is 8. The molecule has 1 fully saturated rings. The summed E-state index contributed by atoms with van der Waals surface area (Å²) < 4.78 is 27.4. The minimum absolute atomic E-state index is 0.318. The van der Waals surface area contributed by atoms with Gasteiger partial charge in [-0.15, -0.1) is 0 Å². The molecule has 1 aliphatic rings. The normalized spacial score (nSPS) is 15.7. The Bertz CT molecular complexity index is 572. The Balaban J connectivity index is 0.000000295. The molecule has 0 bridgehead atoms. The lowest BCUT2D eigenvalue weighted by Gasteiger charge is -2.26. The van der Waals surface area contributed by atoms with Crippen LogP contribution in [0.15, 0.2) is 10.4 Å². The molecule has 0 amide bonds. The summed E-state index contributed by atoms with van der Waals surface area (Å²) in [6.07, 6.45) is 2.65. The fraction of sp³-hybridized carbons (Fsp3) is 0.692. The first-order valence-electron chi connectivity index (χ1n) is 6.86. The fourth-order valence-electron chi connectivity index (χ4n) is 1.57. The first kappa shape index (κ1) is 18.9. The van der Waals surface area contributed by atoms with Crippen LogP contribution in [-0.2, 0) is 19.4 Å². The third-order valence-electron chi connectivity index (χ3n) is 2.63. The van der Waals surface area contributed by atoms with E-state index in [1.54, 1.807) is 0 Å². The van der Waals surface area contributed by atoms with Crippen LogP contribution in [0.2, 0.25) is 0 Å². The maximum Gasteiger partial charge on any atom is 0.293 e. The van der Waals surface area contributed by atoms with Crippen LogP contribution in [0.5, 0.6) is 0 Å². The molecule has 0 unspecified atom stereocenters. The molecule has 1 aromatic rings. The number of carbonyl (C=O) groups is 1. The zero-order chi connectivity index (χ0) is 16.8. The smallest absolute Gasteiger partial charge is 0.293 e. The van der Waals surface area contributed by atoms with Gasteiger partial charge in [0.25, 0.3) is 6.47 Å².